The normalized spacial score (nSPS) is 10.5. The predicted molar refractivity (Wildman–Crippen MR) is 100 cm³/mol. The summed E-state index contributed by atoms with van der Waals surface area (Å²) in [5, 5.41) is 13.6. The fraction of sp³-hybridized carbons (Fsp3) is 0.176. The van der Waals surface area contributed by atoms with Crippen LogP contribution in [-0.4, -0.2) is 46.0 Å². The minimum Gasteiger partial charge on any atom is -0.468 e. The number of thiophene rings is 1. The number of aromatic nitrogens is 3. The summed E-state index contributed by atoms with van der Waals surface area (Å²) in [6.45, 7) is -0.151. The molecule has 0 atom stereocenters. The lowest BCUT2D eigenvalue weighted by Gasteiger charge is -2.09. The maximum atomic E-state index is 11.9. The zero-order chi connectivity index (χ0) is 18.4. The highest BCUT2D eigenvalue weighted by molar-refractivity contribution is 7.99. The largest absolute Gasteiger partial charge is 0.468 e. The number of carbonyl (C=O) groups excluding carboxylic acids is 2. The van der Waals surface area contributed by atoms with Gasteiger partial charge in [0.2, 0.25) is 5.91 Å². The molecule has 3 aromatic rings. The van der Waals surface area contributed by atoms with E-state index in [1.165, 1.54) is 18.9 Å². The monoisotopic (exact) mass is 388 g/mol. The van der Waals surface area contributed by atoms with Crippen molar-refractivity contribution in [3.05, 3.63) is 47.8 Å². The quantitative estimate of drug-likeness (QED) is 0.494. The molecule has 134 valence electrons. The predicted octanol–water partition coefficient (Wildman–Crippen LogP) is 2.38. The van der Waals surface area contributed by atoms with Crippen LogP contribution in [0.2, 0.25) is 0 Å². The maximum absolute atomic E-state index is 11.9. The molecule has 1 N–H and O–H groups in total. The third-order valence-corrected chi connectivity index (χ3v) is 5.17. The third-order valence-electron chi connectivity index (χ3n) is 3.38. The molecule has 0 saturated carbocycles. The SMILES string of the molecule is COC(=O)CNC(=O)CSc1nnc(-c2cccs2)n1-c1ccccc1. The van der Waals surface area contributed by atoms with Crippen molar-refractivity contribution in [1.82, 2.24) is 20.1 Å². The van der Waals surface area contributed by atoms with E-state index < -0.39 is 5.97 Å². The maximum Gasteiger partial charge on any atom is 0.325 e. The molecule has 1 aromatic carbocycles. The standard InChI is InChI=1S/C17H16N4O3S2/c1-24-15(23)10-18-14(22)11-26-17-20-19-16(13-8-5-9-25-13)21(17)12-6-3-2-4-7-12/h2-9H,10-11H2,1H3,(H,18,22). The number of nitrogens with one attached hydrogen (secondary N) is 1. The van der Waals surface area contributed by atoms with Gasteiger partial charge in [-0.1, -0.05) is 36.0 Å². The minimum atomic E-state index is -0.490. The highest BCUT2D eigenvalue weighted by Gasteiger charge is 2.17. The van der Waals surface area contributed by atoms with Gasteiger partial charge in [0.05, 0.1) is 17.7 Å². The lowest BCUT2D eigenvalue weighted by Crippen LogP contribution is -2.31. The van der Waals surface area contributed by atoms with E-state index in [9.17, 15) is 9.59 Å². The molecule has 7 nitrogen and oxygen atoms in total. The van der Waals surface area contributed by atoms with E-state index in [2.05, 4.69) is 20.3 Å². The van der Waals surface area contributed by atoms with Gasteiger partial charge in [0.1, 0.15) is 6.54 Å². The van der Waals surface area contributed by atoms with Crippen LogP contribution >= 0.6 is 23.1 Å². The molecule has 0 spiro atoms. The summed E-state index contributed by atoms with van der Waals surface area (Å²) in [6, 6.07) is 13.7. The van der Waals surface area contributed by atoms with Crippen molar-refractivity contribution in [1.29, 1.82) is 0 Å². The molecule has 9 heteroatoms. The minimum absolute atomic E-state index is 0.117. The Bertz CT molecular complexity index is 879. The fourth-order valence-corrected chi connectivity index (χ4v) is 3.64. The molecule has 0 fully saturated rings. The molecule has 2 aromatic heterocycles. The number of benzene rings is 1. The van der Waals surface area contributed by atoms with Crippen molar-refractivity contribution in [2.75, 3.05) is 19.4 Å². The van der Waals surface area contributed by atoms with Gasteiger partial charge in [-0.15, -0.1) is 21.5 Å². The number of ether oxygens (including phenoxy) is 1. The summed E-state index contributed by atoms with van der Waals surface area (Å²) in [5.74, 6) is 0.0759. The van der Waals surface area contributed by atoms with Crippen LogP contribution in [0.3, 0.4) is 0 Å². The number of amides is 1. The number of hydrogen-bond acceptors (Lipinski definition) is 7. The Kier molecular flexibility index (Phi) is 6.03. The topological polar surface area (TPSA) is 86.1 Å². The van der Waals surface area contributed by atoms with Crippen molar-refractivity contribution in [2.45, 2.75) is 5.16 Å². The van der Waals surface area contributed by atoms with Gasteiger partial charge in [-0.3, -0.25) is 14.2 Å². The first kappa shape index (κ1) is 18.2. The number of para-hydroxylation sites is 1. The number of carbonyl (C=O) groups is 2. The molecule has 3 rings (SSSR count). The second-order valence-electron chi connectivity index (χ2n) is 5.10. The highest BCUT2D eigenvalue weighted by Crippen LogP contribution is 2.30. The molecule has 1 amide bonds. The third kappa shape index (κ3) is 4.30. The molecule has 26 heavy (non-hydrogen) atoms. The summed E-state index contributed by atoms with van der Waals surface area (Å²) in [6.07, 6.45) is 0. The van der Waals surface area contributed by atoms with E-state index in [0.29, 0.717) is 5.16 Å². The summed E-state index contributed by atoms with van der Waals surface area (Å²) >= 11 is 2.83. The lowest BCUT2D eigenvalue weighted by molar-refractivity contribution is -0.140. The van der Waals surface area contributed by atoms with E-state index in [1.54, 1.807) is 11.3 Å². The van der Waals surface area contributed by atoms with Crippen molar-refractivity contribution in [3.63, 3.8) is 0 Å². The zero-order valence-corrected chi connectivity index (χ0v) is 15.5. The number of esters is 1. The van der Waals surface area contributed by atoms with E-state index in [1.807, 2.05) is 52.4 Å². The van der Waals surface area contributed by atoms with Crippen LogP contribution in [0.5, 0.6) is 0 Å². The smallest absolute Gasteiger partial charge is 0.325 e. The van der Waals surface area contributed by atoms with E-state index in [-0.39, 0.29) is 18.2 Å². The van der Waals surface area contributed by atoms with Gasteiger partial charge in [0.25, 0.3) is 0 Å². The summed E-state index contributed by atoms with van der Waals surface area (Å²) < 4.78 is 6.42. The van der Waals surface area contributed by atoms with Crippen LogP contribution in [0.25, 0.3) is 16.4 Å². The first-order valence-electron chi connectivity index (χ1n) is 7.70. The Labute approximate surface area is 158 Å². The van der Waals surface area contributed by atoms with Crippen molar-refractivity contribution < 1.29 is 14.3 Å². The number of thioether (sulfide) groups is 1. The van der Waals surface area contributed by atoms with E-state index >= 15 is 0 Å². The molecule has 0 aliphatic carbocycles. The average Bonchev–Trinajstić information content (AvgIpc) is 3.34. The molecule has 0 aliphatic rings. The summed E-state index contributed by atoms with van der Waals surface area (Å²) in [4.78, 5) is 24.0. The van der Waals surface area contributed by atoms with Crippen LogP contribution in [0.1, 0.15) is 0 Å². The van der Waals surface area contributed by atoms with Gasteiger partial charge in [-0.25, -0.2) is 0 Å². The Morgan fingerprint density at radius 2 is 2.00 bits per heavy atom. The van der Waals surface area contributed by atoms with Crippen LogP contribution in [0, 0.1) is 0 Å². The number of hydrogen-bond donors (Lipinski definition) is 1. The first-order valence-corrected chi connectivity index (χ1v) is 9.56. The Balaban J connectivity index is 1.79. The van der Waals surface area contributed by atoms with Crippen molar-refractivity contribution in [2.24, 2.45) is 0 Å². The molecule has 0 unspecified atom stereocenters. The van der Waals surface area contributed by atoms with E-state index in [0.717, 1.165) is 16.4 Å². The van der Waals surface area contributed by atoms with Crippen molar-refractivity contribution >= 4 is 35.0 Å². The molecular weight excluding hydrogens is 372 g/mol. The Hall–Kier alpha value is -2.65. The van der Waals surface area contributed by atoms with Crippen LogP contribution in [-0.2, 0) is 14.3 Å². The molecule has 0 aliphatic heterocycles. The summed E-state index contributed by atoms with van der Waals surface area (Å²) in [7, 11) is 1.28. The first-order chi connectivity index (χ1) is 12.7. The second kappa shape index (κ2) is 8.63. The lowest BCUT2D eigenvalue weighted by atomic mass is 10.3. The average molecular weight is 388 g/mol. The number of rotatable bonds is 7. The number of methoxy groups -OCH3 is 1. The van der Waals surface area contributed by atoms with Gasteiger partial charge >= 0.3 is 5.97 Å². The highest BCUT2D eigenvalue weighted by atomic mass is 32.2. The molecule has 2 heterocycles. The summed E-state index contributed by atoms with van der Waals surface area (Å²) in [5.41, 5.74) is 0.915. The van der Waals surface area contributed by atoms with Gasteiger partial charge < -0.3 is 10.1 Å². The Morgan fingerprint density at radius 3 is 2.69 bits per heavy atom. The number of nitrogens with zero attached hydrogens (tertiary/aromatic N) is 3. The molecule has 0 saturated heterocycles. The second-order valence-corrected chi connectivity index (χ2v) is 6.99. The van der Waals surface area contributed by atoms with Crippen LogP contribution < -0.4 is 5.32 Å². The zero-order valence-electron chi connectivity index (χ0n) is 13.9. The van der Waals surface area contributed by atoms with Crippen molar-refractivity contribution in [3.8, 4) is 16.4 Å². The molecule has 0 radical (unpaired) electrons. The van der Waals surface area contributed by atoms with Crippen LogP contribution in [0.15, 0.2) is 53.0 Å². The Morgan fingerprint density at radius 1 is 1.19 bits per heavy atom. The van der Waals surface area contributed by atoms with Gasteiger partial charge in [0.15, 0.2) is 11.0 Å². The fourth-order valence-electron chi connectivity index (χ4n) is 2.16. The van der Waals surface area contributed by atoms with Gasteiger partial charge in [0, 0.05) is 5.69 Å². The van der Waals surface area contributed by atoms with Gasteiger partial charge in [-0.2, -0.15) is 0 Å². The van der Waals surface area contributed by atoms with E-state index in [4.69, 9.17) is 0 Å². The molecule has 0 bridgehead atoms. The molecular formula is C17H16N4O3S2. The van der Waals surface area contributed by atoms with Gasteiger partial charge in [-0.05, 0) is 23.6 Å². The van der Waals surface area contributed by atoms with Crippen LogP contribution in [0.4, 0.5) is 0 Å².